The van der Waals surface area contributed by atoms with Crippen molar-refractivity contribution in [3.63, 3.8) is 0 Å². The Morgan fingerprint density at radius 1 is 1.16 bits per heavy atom. The number of aryl methyl sites for hydroxylation is 1. The Kier molecular flexibility index (Phi) is 6.53. The molecule has 1 fully saturated rings. The average Bonchev–Trinajstić information content (AvgIpc) is 3.16. The van der Waals surface area contributed by atoms with Crippen molar-refractivity contribution in [1.29, 1.82) is 0 Å². The maximum Gasteiger partial charge on any atom is 0.264 e. The van der Waals surface area contributed by atoms with Gasteiger partial charge >= 0.3 is 0 Å². The maximum absolute atomic E-state index is 13.0. The molecule has 0 radical (unpaired) electrons. The van der Waals surface area contributed by atoms with Crippen LogP contribution in [0.4, 0.5) is 5.82 Å². The van der Waals surface area contributed by atoms with E-state index in [9.17, 15) is 4.79 Å². The minimum Gasteiger partial charge on any atom is -0.381 e. The van der Waals surface area contributed by atoms with E-state index in [2.05, 4.69) is 45.6 Å². The van der Waals surface area contributed by atoms with Gasteiger partial charge in [0.25, 0.3) is 5.91 Å². The zero-order valence-electron chi connectivity index (χ0n) is 18.5. The summed E-state index contributed by atoms with van der Waals surface area (Å²) >= 11 is 1.46. The van der Waals surface area contributed by atoms with Gasteiger partial charge in [-0.2, -0.15) is 0 Å². The van der Waals surface area contributed by atoms with Gasteiger partial charge in [0.15, 0.2) is 0 Å². The number of aromatic nitrogens is 2. The topological polar surface area (TPSA) is 67.4 Å². The number of rotatable bonds is 7. The molecule has 0 saturated carbocycles. The van der Waals surface area contributed by atoms with Gasteiger partial charge in [0, 0.05) is 38.3 Å². The lowest BCUT2D eigenvalue weighted by Crippen LogP contribution is -2.40. The van der Waals surface area contributed by atoms with Crippen LogP contribution in [0.15, 0.2) is 36.7 Å². The molecule has 31 heavy (non-hydrogen) atoms. The third kappa shape index (κ3) is 4.16. The lowest BCUT2D eigenvalue weighted by molar-refractivity contribution is 0.0543. The molecule has 0 aliphatic carbocycles. The van der Waals surface area contributed by atoms with Gasteiger partial charge < -0.3 is 15.0 Å². The van der Waals surface area contributed by atoms with E-state index in [1.165, 1.54) is 16.9 Å². The molecule has 1 saturated heterocycles. The summed E-state index contributed by atoms with van der Waals surface area (Å²) < 4.78 is 5.67. The second kappa shape index (κ2) is 9.32. The molecule has 1 aliphatic heterocycles. The highest BCUT2D eigenvalue weighted by atomic mass is 32.1. The van der Waals surface area contributed by atoms with Gasteiger partial charge in [-0.25, -0.2) is 9.97 Å². The van der Waals surface area contributed by atoms with Crippen LogP contribution in [0.3, 0.4) is 0 Å². The largest absolute Gasteiger partial charge is 0.381 e. The van der Waals surface area contributed by atoms with E-state index in [0.717, 1.165) is 59.1 Å². The third-order valence-corrected chi connectivity index (χ3v) is 7.59. The minimum absolute atomic E-state index is 0.000575. The van der Waals surface area contributed by atoms with Crippen molar-refractivity contribution in [3.05, 3.63) is 52.7 Å². The zero-order chi connectivity index (χ0) is 21.8. The van der Waals surface area contributed by atoms with Gasteiger partial charge in [0.2, 0.25) is 0 Å². The monoisotopic (exact) mass is 438 g/mol. The molecule has 1 N–H and O–H groups in total. The average molecular weight is 439 g/mol. The molecule has 1 aromatic carbocycles. The lowest BCUT2D eigenvalue weighted by atomic mass is 9.74. The summed E-state index contributed by atoms with van der Waals surface area (Å²) in [6, 6.07) is 10.7. The van der Waals surface area contributed by atoms with Crippen molar-refractivity contribution in [2.75, 3.05) is 38.2 Å². The summed E-state index contributed by atoms with van der Waals surface area (Å²) in [5, 5.41) is 4.58. The second-order valence-electron chi connectivity index (χ2n) is 8.05. The fourth-order valence-electron chi connectivity index (χ4n) is 4.44. The first kappa shape index (κ1) is 21.7. The van der Waals surface area contributed by atoms with Crippen LogP contribution in [0, 0.1) is 6.92 Å². The van der Waals surface area contributed by atoms with Crippen LogP contribution in [0.5, 0.6) is 0 Å². The predicted octanol–water partition coefficient (Wildman–Crippen LogP) is 4.64. The number of benzene rings is 1. The summed E-state index contributed by atoms with van der Waals surface area (Å²) in [6.45, 7) is 9.70. The van der Waals surface area contributed by atoms with E-state index < -0.39 is 0 Å². The smallest absolute Gasteiger partial charge is 0.264 e. The van der Waals surface area contributed by atoms with Crippen LogP contribution in [0.1, 0.15) is 47.5 Å². The van der Waals surface area contributed by atoms with Crippen molar-refractivity contribution in [2.24, 2.45) is 0 Å². The number of nitrogens with one attached hydrogen (secondary N) is 1. The van der Waals surface area contributed by atoms with Gasteiger partial charge in [0.1, 0.15) is 17.0 Å². The van der Waals surface area contributed by atoms with Crippen LogP contribution in [0.25, 0.3) is 10.2 Å². The highest BCUT2D eigenvalue weighted by Crippen LogP contribution is 2.37. The molecular formula is C24H30N4O2S. The van der Waals surface area contributed by atoms with Gasteiger partial charge in [-0.3, -0.25) is 4.79 Å². The number of thiophene rings is 1. The van der Waals surface area contributed by atoms with Crippen LogP contribution < -0.4 is 5.32 Å². The fourth-order valence-corrected chi connectivity index (χ4v) is 5.55. The van der Waals surface area contributed by atoms with Crippen molar-refractivity contribution in [1.82, 2.24) is 14.9 Å². The van der Waals surface area contributed by atoms with E-state index >= 15 is 0 Å². The number of carbonyl (C=O) groups is 1. The Morgan fingerprint density at radius 2 is 1.87 bits per heavy atom. The normalized spacial score (nSPS) is 15.7. The Hall–Kier alpha value is -2.51. The SMILES string of the molecule is CCN(CC)C(=O)c1sc2ncnc(NCC3(c4ccccc4)CCOCC3)c2c1C. The fraction of sp³-hybridized carbons (Fsp3) is 0.458. The number of anilines is 1. The number of hydrogen-bond donors (Lipinski definition) is 1. The molecule has 0 bridgehead atoms. The van der Waals surface area contributed by atoms with Gasteiger partial charge in [-0.1, -0.05) is 30.3 Å². The van der Waals surface area contributed by atoms with Crippen molar-refractivity contribution >= 4 is 33.3 Å². The van der Waals surface area contributed by atoms with Crippen molar-refractivity contribution in [3.8, 4) is 0 Å². The van der Waals surface area contributed by atoms with E-state index in [1.54, 1.807) is 6.33 Å². The van der Waals surface area contributed by atoms with Crippen LogP contribution in [-0.4, -0.2) is 53.6 Å². The Morgan fingerprint density at radius 3 is 2.55 bits per heavy atom. The molecule has 6 nitrogen and oxygen atoms in total. The van der Waals surface area contributed by atoms with E-state index in [1.807, 2.05) is 25.7 Å². The number of amides is 1. The highest BCUT2D eigenvalue weighted by Gasteiger charge is 2.34. The number of ether oxygens (including phenoxy) is 1. The molecule has 2 aromatic heterocycles. The Labute approximate surface area is 187 Å². The molecule has 0 unspecified atom stereocenters. The summed E-state index contributed by atoms with van der Waals surface area (Å²) in [7, 11) is 0. The van der Waals surface area contributed by atoms with Crippen LogP contribution >= 0.6 is 11.3 Å². The van der Waals surface area contributed by atoms with Crippen LogP contribution in [-0.2, 0) is 10.2 Å². The second-order valence-corrected chi connectivity index (χ2v) is 9.05. The third-order valence-electron chi connectivity index (χ3n) is 6.40. The molecule has 3 aromatic rings. The molecule has 0 spiro atoms. The first-order valence-electron chi connectivity index (χ1n) is 11.0. The van der Waals surface area contributed by atoms with E-state index in [-0.39, 0.29) is 11.3 Å². The molecule has 164 valence electrons. The predicted molar refractivity (Wildman–Crippen MR) is 126 cm³/mol. The molecule has 1 aliphatic rings. The maximum atomic E-state index is 13.0. The van der Waals surface area contributed by atoms with Gasteiger partial charge in [-0.15, -0.1) is 11.3 Å². The van der Waals surface area contributed by atoms with Crippen molar-refractivity contribution in [2.45, 2.75) is 39.0 Å². The minimum atomic E-state index is 0.000575. The standard InChI is InChI=1S/C24H30N4O2S/c1-4-28(5-2)23(29)20-17(3)19-21(26-16-27-22(19)31-20)25-15-24(11-13-30-14-12-24)18-9-7-6-8-10-18/h6-10,16H,4-5,11-15H2,1-3H3,(H,25,26,27). The lowest BCUT2D eigenvalue weighted by Gasteiger charge is -2.38. The molecule has 1 amide bonds. The Bertz CT molecular complexity index is 1040. The van der Waals surface area contributed by atoms with E-state index in [4.69, 9.17) is 4.74 Å². The van der Waals surface area contributed by atoms with Gasteiger partial charge in [-0.05, 0) is 44.7 Å². The number of nitrogens with zero attached hydrogens (tertiary/aromatic N) is 3. The number of hydrogen-bond acceptors (Lipinski definition) is 6. The van der Waals surface area contributed by atoms with Crippen LogP contribution in [0.2, 0.25) is 0 Å². The molecule has 4 rings (SSSR count). The summed E-state index contributed by atoms with van der Waals surface area (Å²) in [5.41, 5.74) is 2.29. The van der Waals surface area contributed by atoms with E-state index in [0.29, 0.717) is 13.1 Å². The number of carbonyl (C=O) groups excluding carboxylic acids is 1. The molecular weight excluding hydrogens is 408 g/mol. The Balaban J connectivity index is 1.66. The van der Waals surface area contributed by atoms with Crippen molar-refractivity contribution < 1.29 is 9.53 Å². The number of fused-ring (bicyclic) bond motifs is 1. The first-order chi connectivity index (χ1) is 15.1. The summed E-state index contributed by atoms with van der Waals surface area (Å²) in [6.07, 6.45) is 3.52. The zero-order valence-corrected chi connectivity index (χ0v) is 19.3. The first-order valence-corrected chi connectivity index (χ1v) is 11.8. The highest BCUT2D eigenvalue weighted by molar-refractivity contribution is 7.20. The molecule has 0 atom stereocenters. The van der Waals surface area contributed by atoms with Gasteiger partial charge in [0.05, 0.1) is 10.3 Å². The summed E-state index contributed by atoms with van der Waals surface area (Å²) in [5.74, 6) is 0.876. The molecule has 7 heteroatoms. The quantitative estimate of drug-likeness (QED) is 0.582. The summed E-state index contributed by atoms with van der Waals surface area (Å²) in [4.78, 5) is 25.5. The molecule has 3 heterocycles.